The van der Waals surface area contributed by atoms with Crippen molar-refractivity contribution in [3.63, 3.8) is 0 Å². The number of halogens is 1. The quantitative estimate of drug-likeness (QED) is 0.825. The third kappa shape index (κ3) is 1.63. The molecule has 1 N–H and O–H groups in total. The first kappa shape index (κ1) is 11.0. The van der Waals surface area contributed by atoms with Crippen molar-refractivity contribution in [3.05, 3.63) is 23.5 Å². The summed E-state index contributed by atoms with van der Waals surface area (Å²) in [5.41, 5.74) is 0.720. The van der Waals surface area contributed by atoms with Crippen LogP contribution in [-0.4, -0.2) is 21.1 Å². The molecule has 0 unspecified atom stereocenters. The van der Waals surface area contributed by atoms with Gasteiger partial charge in [-0.3, -0.25) is 0 Å². The topological polar surface area (TPSA) is 49.4 Å². The van der Waals surface area contributed by atoms with Gasteiger partial charge in [-0.2, -0.15) is 4.72 Å². The van der Waals surface area contributed by atoms with E-state index in [0.29, 0.717) is 5.56 Å². The van der Waals surface area contributed by atoms with E-state index in [1.54, 1.807) is 6.92 Å². The Kier molecular flexibility index (Phi) is 2.21. The predicted octanol–water partition coefficient (Wildman–Crippen LogP) is 1.35. The van der Waals surface area contributed by atoms with E-state index in [1.807, 2.05) is 4.90 Å². The zero-order chi connectivity index (χ0) is 12.2. The molecule has 92 valence electrons. The van der Waals surface area contributed by atoms with Crippen molar-refractivity contribution in [1.82, 2.24) is 4.72 Å². The van der Waals surface area contributed by atoms with Gasteiger partial charge in [-0.1, -0.05) is 6.07 Å². The van der Waals surface area contributed by atoms with Crippen LogP contribution in [0.2, 0.25) is 0 Å². The third-order valence-corrected chi connectivity index (χ3v) is 4.68. The van der Waals surface area contributed by atoms with Crippen molar-refractivity contribution >= 4 is 15.7 Å². The predicted molar refractivity (Wildman–Crippen MR) is 61.8 cm³/mol. The standard InChI is InChI=1S/C11H13FN2O2S/c1-7-2-5-9-11(10(7)12)14(8-3-4-8)6-13-17(9,15)16/h2,5,8,13H,3-4,6H2,1H3. The Balaban J connectivity index is 2.25. The van der Waals surface area contributed by atoms with Gasteiger partial charge in [0.1, 0.15) is 4.90 Å². The second-order valence-electron chi connectivity index (χ2n) is 4.55. The molecule has 0 aromatic heterocycles. The van der Waals surface area contributed by atoms with E-state index in [4.69, 9.17) is 0 Å². The van der Waals surface area contributed by atoms with E-state index < -0.39 is 15.8 Å². The lowest BCUT2D eigenvalue weighted by atomic mass is 10.2. The number of nitrogens with zero attached hydrogens (tertiary/aromatic N) is 1. The molecule has 0 amide bonds. The first-order valence-electron chi connectivity index (χ1n) is 5.56. The van der Waals surface area contributed by atoms with Gasteiger partial charge in [0.05, 0.1) is 12.4 Å². The second-order valence-corrected chi connectivity index (χ2v) is 6.29. The largest absolute Gasteiger partial charge is 0.351 e. The van der Waals surface area contributed by atoms with Gasteiger partial charge in [-0.05, 0) is 31.4 Å². The molecule has 17 heavy (non-hydrogen) atoms. The Bertz CT molecular complexity index is 581. The van der Waals surface area contributed by atoms with Gasteiger partial charge < -0.3 is 4.90 Å². The SMILES string of the molecule is Cc1ccc2c(c1F)N(C1CC1)CNS2(=O)=O. The van der Waals surface area contributed by atoms with Gasteiger partial charge in [0.15, 0.2) is 5.82 Å². The van der Waals surface area contributed by atoms with Crippen molar-refractivity contribution < 1.29 is 12.8 Å². The monoisotopic (exact) mass is 256 g/mol. The lowest BCUT2D eigenvalue weighted by Gasteiger charge is -2.32. The number of benzene rings is 1. The number of anilines is 1. The van der Waals surface area contributed by atoms with Gasteiger partial charge in [0, 0.05) is 6.04 Å². The molecule has 3 rings (SSSR count). The first-order chi connectivity index (χ1) is 8.00. The van der Waals surface area contributed by atoms with E-state index in [1.165, 1.54) is 12.1 Å². The normalized spacial score (nSPS) is 22.4. The Labute approximate surface area is 99.5 Å². The molecular weight excluding hydrogens is 243 g/mol. The molecular formula is C11H13FN2O2S. The molecule has 6 heteroatoms. The highest BCUT2D eigenvalue weighted by atomic mass is 32.2. The van der Waals surface area contributed by atoms with Gasteiger partial charge >= 0.3 is 0 Å². The molecule has 0 saturated heterocycles. The minimum absolute atomic E-state index is 0.0544. The summed E-state index contributed by atoms with van der Waals surface area (Å²) in [7, 11) is -3.55. The van der Waals surface area contributed by atoms with Crippen LogP contribution in [0.3, 0.4) is 0 Å². The lowest BCUT2D eigenvalue weighted by Crippen LogP contribution is -2.44. The van der Waals surface area contributed by atoms with Gasteiger partial charge in [-0.25, -0.2) is 12.8 Å². The van der Waals surface area contributed by atoms with E-state index in [0.717, 1.165) is 12.8 Å². The summed E-state index contributed by atoms with van der Waals surface area (Å²) in [5, 5.41) is 0. The van der Waals surface area contributed by atoms with E-state index in [-0.39, 0.29) is 23.3 Å². The zero-order valence-electron chi connectivity index (χ0n) is 9.40. The van der Waals surface area contributed by atoms with Crippen LogP contribution in [0.1, 0.15) is 18.4 Å². The minimum atomic E-state index is -3.55. The van der Waals surface area contributed by atoms with Crippen LogP contribution in [0.5, 0.6) is 0 Å². The van der Waals surface area contributed by atoms with Crippen LogP contribution in [0, 0.1) is 12.7 Å². The summed E-state index contributed by atoms with van der Waals surface area (Å²) < 4.78 is 40.2. The number of hydrogen-bond donors (Lipinski definition) is 1. The number of aryl methyl sites for hydroxylation is 1. The van der Waals surface area contributed by atoms with Crippen LogP contribution < -0.4 is 9.62 Å². The molecule has 0 radical (unpaired) electrons. The Morgan fingerprint density at radius 2 is 2.12 bits per heavy atom. The zero-order valence-corrected chi connectivity index (χ0v) is 10.2. The van der Waals surface area contributed by atoms with Gasteiger partial charge in [0.2, 0.25) is 10.0 Å². The summed E-state index contributed by atoms with van der Waals surface area (Å²) in [6, 6.07) is 3.25. The highest BCUT2D eigenvalue weighted by Gasteiger charge is 2.38. The van der Waals surface area contributed by atoms with Crippen molar-refractivity contribution in [2.45, 2.75) is 30.7 Å². The van der Waals surface area contributed by atoms with Crippen LogP contribution in [0.4, 0.5) is 10.1 Å². The number of fused-ring (bicyclic) bond motifs is 1. The highest BCUT2D eigenvalue weighted by Crippen LogP contribution is 2.39. The smallest absolute Gasteiger partial charge is 0.244 e. The molecule has 0 bridgehead atoms. The summed E-state index contributed by atoms with van der Waals surface area (Å²) in [6.07, 6.45) is 1.99. The van der Waals surface area contributed by atoms with Crippen molar-refractivity contribution in [2.75, 3.05) is 11.6 Å². The highest BCUT2D eigenvalue weighted by molar-refractivity contribution is 7.89. The maximum Gasteiger partial charge on any atom is 0.244 e. The number of rotatable bonds is 1. The van der Waals surface area contributed by atoms with Crippen molar-refractivity contribution in [1.29, 1.82) is 0 Å². The maximum absolute atomic E-state index is 14.1. The van der Waals surface area contributed by atoms with E-state index in [2.05, 4.69) is 4.72 Å². The van der Waals surface area contributed by atoms with Gasteiger partial charge in [0.25, 0.3) is 0 Å². The Hall–Kier alpha value is -1.14. The summed E-state index contributed by atoms with van der Waals surface area (Å²) in [5.74, 6) is -0.417. The second kappa shape index (κ2) is 3.43. The van der Waals surface area contributed by atoms with Crippen LogP contribution >= 0.6 is 0 Å². The lowest BCUT2D eigenvalue weighted by molar-refractivity contribution is 0.555. The molecule has 1 fully saturated rings. The number of nitrogens with one attached hydrogen (secondary N) is 1. The molecule has 1 aromatic rings. The summed E-state index contributed by atoms with van der Waals surface area (Å²) in [6.45, 7) is 1.82. The molecule has 4 nitrogen and oxygen atoms in total. The molecule has 2 aliphatic rings. The first-order valence-corrected chi connectivity index (χ1v) is 7.04. The number of sulfonamides is 1. The van der Waals surface area contributed by atoms with Crippen LogP contribution in [0.25, 0.3) is 0 Å². The fraction of sp³-hybridized carbons (Fsp3) is 0.455. The molecule has 1 saturated carbocycles. The molecule has 1 aliphatic heterocycles. The van der Waals surface area contributed by atoms with Crippen LogP contribution in [-0.2, 0) is 10.0 Å². The van der Waals surface area contributed by atoms with Crippen LogP contribution in [0.15, 0.2) is 17.0 Å². The molecule has 1 heterocycles. The Morgan fingerprint density at radius 3 is 2.76 bits per heavy atom. The molecule has 0 spiro atoms. The fourth-order valence-corrected chi connectivity index (χ4v) is 3.31. The van der Waals surface area contributed by atoms with Crippen molar-refractivity contribution in [3.8, 4) is 0 Å². The van der Waals surface area contributed by atoms with E-state index >= 15 is 0 Å². The molecule has 0 atom stereocenters. The fourth-order valence-electron chi connectivity index (χ4n) is 2.14. The minimum Gasteiger partial charge on any atom is -0.351 e. The Morgan fingerprint density at radius 1 is 1.41 bits per heavy atom. The summed E-state index contributed by atoms with van der Waals surface area (Å²) in [4.78, 5) is 1.87. The molecule has 1 aromatic carbocycles. The third-order valence-electron chi connectivity index (χ3n) is 3.26. The molecule has 1 aliphatic carbocycles. The average molecular weight is 256 g/mol. The van der Waals surface area contributed by atoms with Gasteiger partial charge in [-0.15, -0.1) is 0 Å². The maximum atomic E-state index is 14.1. The summed E-state index contributed by atoms with van der Waals surface area (Å²) >= 11 is 0. The van der Waals surface area contributed by atoms with Crippen molar-refractivity contribution in [2.24, 2.45) is 0 Å². The average Bonchev–Trinajstić information content (AvgIpc) is 3.07. The number of hydrogen-bond acceptors (Lipinski definition) is 3. The van der Waals surface area contributed by atoms with E-state index in [9.17, 15) is 12.8 Å².